The van der Waals surface area contributed by atoms with Crippen LogP contribution >= 0.6 is 0 Å². The van der Waals surface area contributed by atoms with Crippen LogP contribution in [0.1, 0.15) is 51.9 Å². The Balaban J connectivity index is 1.92. The fourth-order valence-corrected chi connectivity index (χ4v) is 2.91. The molecule has 0 aromatic carbocycles. The van der Waals surface area contributed by atoms with Gasteiger partial charge in [0.2, 0.25) is 0 Å². The van der Waals surface area contributed by atoms with Crippen molar-refractivity contribution in [2.75, 3.05) is 0 Å². The molecule has 1 aliphatic heterocycles. The first kappa shape index (κ1) is 8.55. The van der Waals surface area contributed by atoms with Gasteiger partial charge in [0, 0.05) is 12.1 Å². The van der Waals surface area contributed by atoms with Gasteiger partial charge >= 0.3 is 0 Å². The highest BCUT2D eigenvalue weighted by Crippen LogP contribution is 2.32. The van der Waals surface area contributed by atoms with Crippen molar-refractivity contribution in [2.45, 2.75) is 64.0 Å². The molecule has 0 aromatic rings. The highest BCUT2D eigenvalue weighted by Gasteiger charge is 2.32. The fraction of sp³-hybridized carbons (Fsp3) is 1.00. The van der Waals surface area contributed by atoms with E-state index in [1.165, 1.54) is 44.9 Å². The molecule has 70 valence electrons. The largest absolute Gasteiger partial charge is 0.311 e. The molecule has 1 N–H and O–H groups in total. The fourth-order valence-electron chi connectivity index (χ4n) is 2.91. The predicted molar refractivity (Wildman–Crippen MR) is 52.2 cm³/mol. The van der Waals surface area contributed by atoms with Gasteiger partial charge in [-0.1, -0.05) is 26.2 Å². The Morgan fingerprint density at radius 2 is 2.00 bits per heavy atom. The third kappa shape index (κ3) is 1.66. The molecule has 1 heterocycles. The van der Waals surface area contributed by atoms with Crippen molar-refractivity contribution in [3.63, 3.8) is 0 Å². The summed E-state index contributed by atoms with van der Waals surface area (Å²) in [6, 6.07) is 1.73. The quantitative estimate of drug-likeness (QED) is 0.633. The van der Waals surface area contributed by atoms with Crippen molar-refractivity contribution in [3.8, 4) is 0 Å². The van der Waals surface area contributed by atoms with Crippen LogP contribution in [0.2, 0.25) is 0 Å². The standard InChI is InChI=1S/C11H21N/c1-2-10-8-9-6-4-3-5-7-11(9)12-10/h9-12H,2-8H2,1H3/t9-,10?,11+/m0/s1. The maximum Gasteiger partial charge on any atom is 0.00984 e. The van der Waals surface area contributed by atoms with E-state index in [-0.39, 0.29) is 0 Å². The predicted octanol–water partition coefficient (Wildman–Crippen LogP) is 2.71. The van der Waals surface area contributed by atoms with Crippen molar-refractivity contribution in [1.82, 2.24) is 5.32 Å². The van der Waals surface area contributed by atoms with Crippen LogP contribution in [0.4, 0.5) is 0 Å². The smallest absolute Gasteiger partial charge is 0.00984 e. The van der Waals surface area contributed by atoms with E-state index in [1.807, 2.05) is 0 Å². The van der Waals surface area contributed by atoms with Crippen molar-refractivity contribution in [2.24, 2.45) is 5.92 Å². The zero-order valence-electron chi connectivity index (χ0n) is 8.18. The summed E-state index contributed by atoms with van der Waals surface area (Å²) in [5, 5.41) is 3.78. The van der Waals surface area contributed by atoms with Crippen LogP contribution in [0, 0.1) is 5.92 Å². The van der Waals surface area contributed by atoms with E-state index >= 15 is 0 Å². The van der Waals surface area contributed by atoms with Gasteiger partial charge in [-0.3, -0.25) is 0 Å². The molecule has 0 bridgehead atoms. The maximum absolute atomic E-state index is 3.78. The lowest BCUT2D eigenvalue weighted by Crippen LogP contribution is -2.30. The number of fused-ring (bicyclic) bond motifs is 1. The Labute approximate surface area is 75.9 Å². The topological polar surface area (TPSA) is 12.0 Å². The summed E-state index contributed by atoms with van der Waals surface area (Å²) in [6.07, 6.45) is 10.2. The molecule has 1 nitrogen and oxygen atoms in total. The van der Waals surface area contributed by atoms with Gasteiger partial charge in [0.15, 0.2) is 0 Å². The maximum atomic E-state index is 3.78. The van der Waals surface area contributed by atoms with Crippen molar-refractivity contribution >= 4 is 0 Å². The lowest BCUT2D eigenvalue weighted by Gasteiger charge is -2.14. The number of rotatable bonds is 1. The van der Waals surface area contributed by atoms with Crippen molar-refractivity contribution in [1.29, 1.82) is 0 Å². The van der Waals surface area contributed by atoms with Crippen LogP contribution in [-0.4, -0.2) is 12.1 Å². The summed E-state index contributed by atoms with van der Waals surface area (Å²) >= 11 is 0. The van der Waals surface area contributed by atoms with Gasteiger partial charge in [-0.05, 0) is 31.6 Å². The number of hydrogen-bond donors (Lipinski definition) is 1. The van der Waals surface area contributed by atoms with E-state index in [4.69, 9.17) is 0 Å². The third-order valence-corrected chi connectivity index (χ3v) is 3.69. The monoisotopic (exact) mass is 167 g/mol. The molecule has 1 saturated carbocycles. The molecule has 2 aliphatic rings. The van der Waals surface area contributed by atoms with Gasteiger partial charge in [-0.2, -0.15) is 0 Å². The molecular weight excluding hydrogens is 146 g/mol. The first-order chi connectivity index (χ1) is 5.90. The van der Waals surface area contributed by atoms with Crippen molar-refractivity contribution in [3.05, 3.63) is 0 Å². The van der Waals surface area contributed by atoms with Gasteiger partial charge in [-0.15, -0.1) is 0 Å². The molecular formula is C11H21N. The Morgan fingerprint density at radius 1 is 1.17 bits per heavy atom. The van der Waals surface area contributed by atoms with Gasteiger partial charge in [0.25, 0.3) is 0 Å². The SMILES string of the molecule is CCC1C[C@@H]2CCCCC[C@H]2N1. The summed E-state index contributed by atoms with van der Waals surface area (Å²) in [6.45, 7) is 2.31. The molecule has 1 saturated heterocycles. The van der Waals surface area contributed by atoms with Crippen molar-refractivity contribution < 1.29 is 0 Å². The van der Waals surface area contributed by atoms with E-state index in [0.717, 1.165) is 18.0 Å². The van der Waals surface area contributed by atoms with Crippen LogP contribution in [0.5, 0.6) is 0 Å². The minimum Gasteiger partial charge on any atom is -0.311 e. The normalized spacial score (nSPS) is 42.2. The molecule has 2 fully saturated rings. The summed E-state index contributed by atoms with van der Waals surface area (Å²) in [5.74, 6) is 1.03. The van der Waals surface area contributed by atoms with Crippen LogP contribution < -0.4 is 5.32 Å². The van der Waals surface area contributed by atoms with Gasteiger partial charge in [0.1, 0.15) is 0 Å². The second-order valence-corrected chi connectivity index (χ2v) is 4.51. The molecule has 0 radical (unpaired) electrons. The van der Waals surface area contributed by atoms with Gasteiger partial charge in [0.05, 0.1) is 0 Å². The van der Waals surface area contributed by atoms with E-state index in [9.17, 15) is 0 Å². The van der Waals surface area contributed by atoms with Crippen LogP contribution in [0.25, 0.3) is 0 Å². The zero-order chi connectivity index (χ0) is 8.39. The third-order valence-electron chi connectivity index (χ3n) is 3.69. The Kier molecular flexibility index (Phi) is 2.69. The average Bonchev–Trinajstić information content (AvgIpc) is 2.37. The first-order valence-electron chi connectivity index (χ1n) is 5.66. The highest BCUT2D eigenvalue weighted by molar-refractivity contribution is 4.91. The zero-order valence-corrected chi connectivity index (χ0v) is 8.18. The number of hydrogen-bond acceptors (Lipinski definition) is 1. The summed E-state index contributed by atoms with van der Waals surface area (Å²) < 4.78 is 0. The lowest BCUT2D eigenvalue weighted by molar-refractivity contribution is 0.424. The van der Waals surface area contributed by atoms with Crippen LogP contribution in [-0.2, 0) is 0 Å². The summed E-state index contributed by atoms with van der Waals surface area (Å²) in [7, 11) is 0. The molecule has 0 amide bonds. The van der Waals surface area contributed by atoms with E-state index in [2.05, 4.69) is 12.2 Å². The summed E-state index contributed by atoms with van der Waals surface area (Å²) in [5.41, 5.74) is 0. The molecule has 1 aliphatic carbocycles. The van der Waals surface area contributed by atoms with E-state index < -0.39 is 0 Å². The molecule has 1 unspecified atom stereocenters. The molecule has 12 heavy (non-hydrogen) atoms. The highest BCUT2D eigenvalue weighted by atomic mass is 15.0. The second-order valence-electron chi connectivity index (χ2n) is 4.51. The molecule has 0 spiro atoms. The minimum absolute atomic E-state index is 0.845. The van der Waals surface area contributed by atoms with Crippen LogP contribution in [0.15, 0.2) is 0 Å². The van der Waals surface area contributed by atoms with E-state index in [0.29, 0.717) is 0 Å². The number of nitrogens with one attached hydrogen (secondary N) is 1. The first-order valence-corrected chi connectivity index (χ1v) is 5.66. The Morgan fingerprint density at radius 3 is 2.83 bits per heavy atom. The minimum atomic E-state index is 0.845. The van der Waals surface area contributed by atoms with Gasteiger partial charge in [-0.25, -0.2) is 0 Å². The lowest BCUT2D eigenvalue weighted by atomic mass is 9.94. The van der Waals surface area contributed by atoms with Gasteiger partial charge < -0.3 is 5.32 Å². The molecule has 3 atom stereocenters. The Bertz CT molecular complexity index is 130. The molecule has 1 heteroatoms. The molecule has 0 aromatic heterocycles. The summed E-state index contributed by atoms with van der Waals surface area (Å²) in [4.78, 5) is 0. The Hall–Kier alpha value is -0.0400. The molecule has 2 rings (SSSR count). The van der Waals surface area contributed by atoms with E-state index in [1.54, 1.807) is 0 Å². The average molecular weight is 167 g/mol. The van der Waals surface area contributed by atoms with Crippen LogP contribution in [0.3, 0.4) is 0 Å². The second kappa shape index (κ2) is 3.78.